The molecule has 1 heterocycles. The van der Waals surface area contributed by atoms with Gasteiger partial charge in [-0.1, -0.05) is 60.7 Å². The number of amides is 2. The lowest BCUT2D eigenvalue weighted by Gasteiger charge is -2.21. The summed E-state index contributed by atoms with van der Waals surface area (Å²) in [6.07, 6.45) is 3.18. The zero-order valence-corrected chi connectivity index (χ0v) is 20.3. The van der Waals surface area contributed by atoms with E-state index in [0.717, 1.165) is 23.4 Å². The lowest BCUT2D eigenvalue weighted by atomic mass is 9.99. The van der Waals surface area contributed by atoms with Crippen molar-refractivity contribution in [1.82, 2.24) is 15.6 Å². The minimum Gasteiger partial charge on any atom is -0.481 e. The Hall–Kier alpha value is -4.20. The number of nitrogens with zero attached hydrogens (tertiary/aromatic N) is 1. The van der Waals surface area contributed by atoms with Gasteiger partial charge >= 0.3 is 5.97 Å². The van der Waals surface area contributed by atoms with Gasteiger partial charge in [-0.05, 0) is 48.6 Å². The van der Waals surface area contributed by atoms with Gasteiger partial charge in [0, 0.05) is 19.2 Å². The molecule has 3 aromatic rings. The summed E-state index contributed by atoms with van der Waals surface area (Å²) in [6, 6.07) is 21.4. The quantitative estimate of drug-likeness (QED) is 0.268. The van der Waals surface area contributed by atoms with Crippen molar-refractivity contribution in [1.29, 1.82) is 0 Å². The maximum absolute atomic E-state index is 12.7. The summed E-state index contributed by atoms with van der Waals surface area (Å²) in [4.78, 5) is 40.6. The molecule has 0 aliphatic heterocycles. The smallest absolute Gasteiger partial charge is 0.305 e. The molecule has 3 rings (SSSR count). The predicted molar refractivity (Wildman–Crippen MR) is 139 cm³/mol. The van der Waals surface area contributed by atoms with Gasteiger partial charge in [0.2, 0.25) is 11.8 Å². The molecule has 0 spiro atoms. The highest BCUT2D eigenvalue weighted by molar-refractivity contribution is 5.87. The fourth-order valence-electron chi connectivity index (χ4n) is 3.74. The number of hydrogen-bond donors (Lipinski definition) is 4. The Labute approximate surface area is 211 Å². The van der Waals surface area contributed by atoms with Crippen LogP contribution in [0, 0.1) is 0 Å². The highest BCUT2D eigenvalue weighted by Gasteiger charge is 2.22. The number of carboxylic acid groups (broad SMARTS) is 1. The van der Waals surface area contributed by atoms with Crippen LogP contribution in [0.4, 0.5) is 5.82 Å². The molecule has 188 valence electrons. The molecule has 0 aliphatic rings. The highest BCUT2D eigenvalue weighted by atomic mass is 16.4. The Morgan fingerprint density at radius 2 is 1.56 bits per heavy atom. The van der Waals surface area contributed by atoms with Crippen molar-refractivity contribution in [3.63, 3.8) is 0 Å². The van der Waals surface area contributed by atoms with E-state index < -0.39 is 24.0 Å². The molecule has 0 saturated carbocycles. The number of nitrogens with one attached hydrogen (secondary N) is 3. The average molecular weight is 489 g/mol. The number of aromatic nitrogens is 1. The van der Waals surface area contributed by atoms with E-state index >= 15 is 0 Å². The van der Waals surface area contributed by atoms with Crippen LogP contribution in [0.3, 0.4) is 0 Å². The second-order valence-corrected chi connectivity index (χ2v) is 8.54. The lowest BCUT2D eigenvalue weighted by molar-refractivity contribution is -0.138. The summed E-state index contributed by atoms with van der Waals surface area (Å²) in [7, 11) is 0. The molecule has 0 saturated heterocycles. The number of carbonyl (C=O) groups is 3. The first kappa shape index (κ1) is 26.4. The van der Waals surface area contributed by atoms with Gasteiger partial charge in [0.1, 0.15) is 11.9 Å². The summed E-state index contributed by atoms with van der Waals surface area (Å²) in [6.45, 7) is 2.28. The van der Waals surface area contributed by atoms with Gasteiger partial charge in [0.25, 0.3) is 0 Å². The van der Waals surface area contributed by atoms with Gasteiger partial charge < -0.3 is 21.1 Å². The van der Waals surface area contributed by atoms with E-state index in [2.05, 4.69) is 20.9 Å². The molecule has 8 nitrogen and oxygen atoms in total. The van der Waals surface area contributed by atoms with Crippen LogP contribution in [-0.2, 0) is 14.4 Å². The number of carbonyl (C=O) groups excluding carboxylic acids is 2. The van der Waals surface area contributed by atoms with Gasteiger partial charge in [0.05, 0.1) is 12.5 Å². The summed E-state index contributed by atoms with van der Waals surface area (Å²) in [5.74, 6) is -0.891. The van der Waals surface area contributed by atoms with Gasteiger partial charge in [-0.15, -0.1) is 0 Å². The van der Waals surface area contributed by atoms with Crippen molar-refractivity contribution in [3.05, 3.63) is 84.6 Å². The molecule has 2 amide bonds. The van der Waals surface area contributed by atoms with Crippen molar-refractivity contribution >= 4 is 23.6 Å². The molecule has 8 heteroatoms. The van der Waals surface area contributed by atoms with E-state index in [9.17, 15) is 19.5 Å². The van der Waals surface area contributed by atoms with E-state index in [-0.39, 0.29) is 12.3 Å². The number of rotatable bonds is 13. The zero-order chi connectivity index (χ0) is 25.8. The fourth-order valence-corrected chi connectivity index (χ4v) is 3.74. The normalized spacial score (nSPS) is 12.2. The number of unbranched alkanes of at least 4 members (excludes halogenated alkanes) is 1. The van der Waals surface area contributed by atoms with Crippen LogP contribution in [0.15, 0.2) is 79.0 Å². The van der Waals surface area contributed by atoms with Gasteiger partial charge in [-0.2, -0.15) is 0 Å². The number of anilines is 1. The minimum atomic E-state index is -1.02. The zero-order valence-electron chi connectivity index (χ0n) is 20.3. The summed E-state index contributed by atoms with van der Waals surface area (Å²) in [5.41, 5.74) is 2.73. The van der Waals surface area contributed by atoms with E-state index in [1.54, 1.807) is 13.1 Å². The largest absolute Gasteiger partial charge is 0.481 e. The molecule has 0 bridgehead atoms. The third kappa shape index (κ3) is 8.54. The number of benzene rings is 2. The topological polar surface area (TPSA) is 120 Å². The highest BCUT2D eigenvalue weighted by Crippen LogP contribution is 2.23. The minimum absolute atomic E-state index is 0.225. The molecule has 4 N–H and O–H groups in total. The van der Waals surface area contributed by atoms with Gasteiger partial charge in [-0.25, -0.2) is 4.98 Å². The molecule has 2 atom stereocenters. The first-order valence-corrected chi connectivity index (χ1v) is 12.0. The Kier molecular flexibility index (Phi) is 10.00. The van der Waals surface area contributed by atoms with E-state index in [1.807, 2.05) is 72.8 Å². The summed E-state index contributed by atoms with van der Waals surface area (Å²) in [5, 5.41) is 18.0. The van der Waals surface area contributed by atoms with Gasteiger partial charge in [0.15, 0.2) is 0 Å². The predicted octanol–water partition coefficient (Wildman–Crippen LogP) is 4.17. The number of pyridine rings is 1. The molecule has 1 unspecified atom stereocenters. The average Bonchev–Trinajstić information content (AvgIpc) is 2.89. The van der Waals surface area contributed by atoms with Crippen molar-refractivity contribution in [2.75, 3.05) is 11.9 Å². The third-order valence-corrected chi connectivity index (χ3v) is 5.69. The van der Waals surface area contributed by atoms with Crippen molar-refractivity contribution in [3.8, 4) is 11.1 Å². The Morgan fingerprint density at radius 3 is 2.22 bits per heavy atom. The standard InChI is InChI=1S/C28H32N4O4/c1-20(31-26(33)12-6-8-18-30-25-11-5-7-17-29-25)28(36)32-24(19-27(34)35)23-15-13-22(14-16-23)21-9-3-2-4-10-21/h2-5,7,9-11,13-17,20,24H,6,8,12,18-19H2,1H3,(H,29,30)(H,31,33)(H,32,36)(H,34,35)/t20-,24?/m1/s1. The maximum atomic E-state index is 12.7. The van der Waals surface area contributed by atoms with Crippen molar-refractivity contribution < 1.29 is 19.5 Å². The number of carboxylic acids is 1. The Balaban J connectivity index is 1.47. The molecule has 36 heavy (non-hydrogen) atoms. The molecule has 0 radical (unpaired) electrons. The van der Waals surface area contributed by atoms with Crippen LogP contribution in [0.2, 0.25) is 0 Å². The fraction of sp³-hybridized carbons (Fsp3) is 0.286. The molecule has 0 aliphatic carbocycles. The SMILES string of the molecule is C[C@@H](NC(=O)CCCCNc1ccccn1)C(=O)NC(CC(=O)O)c1ccc(-c2ccccc2)cc1. The van der Waals surface area contributed by atoms with E-state index in [1.165, 1.54) is 0 Å². The number of hydrogen-bond acceptors (Lipinski definition) is 5. The second-order valence-electron chi connectivity index (χ2n) is 8.54. The lowest BCUT2D eigenvalue weighted by Crippen LogP contribution is -2.46. The van der Waals surface area contributed by atoms with Crippen LogP contribution < -0.4 is 16.0 Å². The Morgan fingerprint density at radius 1 is 0.861 bits per heavy atom. The first-order chi connectivity index (χ1) is 17.4. The molecule has 1 aromatic heterocycles. The summed E-state index contributed by atoms with van der Waals surface area (Å²) >= 11 is 0. The third-order valence-electron chi connectivity index (χ3n) is 5.69. The van der Waals surface area contributed by atoms with Crippen LogP contribution >= 0.6 is 0 Å². The number of aliphatic carboxylic acids is 1. The van der Waals surface area contributed by atoms with Crippen molar-refractivity contribution in [2.45, 2.75) is 44.7 Å². The van der Waals surface area contributed by atoms with Gasteiger partial charge in [-0.3, -0.25) is 14.4 Å². The second kappa shape index (κ2) is 13.6. The van der Waals surface area contributed by atoms with Crippen LogP contribution in [0.5, 0.6) is 0 Å². The first-order valence-electron chi connectivity index (χ1n) is 12.0. The maximum Gasteiger partial charge on any atom is 0.305 e. The molecular weight excluding hydrogens is 456 g/mol. The Bertz CT molecular complexity index is 1120. The summed E-state index contributed by atoms with van der Waals surface area (Å²) < 4.78 is 0. The van der Waals surface area contributed by atoms with E-state index in [4.69, 9.17) is 0 Å². The van der Waals surface area contributed by atoms with Crippen LogP contribution in [0.1, 0.15) is 44.2 Å². The molecule has 0 fully saturated rings. The van der Waals surface area contributed by atoms with Crippen LogP contribution in [0.25, 0.3) is 11.1 Å². The molecular formula is C28H32N4O4. The van der Waals surface area contributed by atoms with Crippen molar-refractivity contribution in [2.24, 2.45) is 0 Å². The molecule has 2 aromatic carbocycles. The monoisotopic (exact) mass is 488 g/mol. The van der Waals surface area contributed by atoms with Crippen LogP contribution in [-0.4, -0.2) is 40.5 Å². The van der Waals surface area contributed by atoms with E-state index in [0.29, 0.717) is 24.9 Å².